The molecule has 0 saturated carbocycles. The Morgan fingerprint density at radius 1 is 1.44 bits per heavy atom. The number of nitrogens with zero attached hydrogens (tertiary/aromatic N) is 1. The zero-order valence-corrected chi connectivity index (χ0v) is 10.3. The first-order valence-electron chi connectivity index (χ1n) is 5.67. The minimum absolute atomic E-state index is 0.219. The molecule has 0 N–H and O–H groups in total. The molecule has 2 rings (SSSR count). The maximum absolute atomic E-state index is 14.2. The Labute approximate surface area is 104 Å². The highest BCUT2D eigenvalue weighted by Crippen LogP contribution is 2.32. The molecule has 5 nitrogen and oxygen atoms in total. The van der Waals surface area contributed by atoms with Crippen LogP contribution >= 0.6 is 0 Å². The van der Waals surface area contributed by atoms with Crippen molar-refractivity contribution in [2.45, 2.75) is 24.6 Å². The van der Waals surface area contributed by atoms with Crippen LogP contribution in [-0.4, -0.2) is 43.8 Å². The molecule has 0 spiro atoms. The zero-order valence-electron chi connectivity index (χ0n) is 10.3. The van der Waals surface area contributed by atoms with Crippen LogP contribution in [0, 0.1) is 0 Å². The Balaban J connectivity index is 2.25. The maximum Gasteiger partial charge on any atom is 0.252 e. The van der Waals surface area contributed by atoms with Gasteiger partial charge < -0.3 is 14.2 Å². The Morgan fingerprint density at radius 2 is 2.22 bits per heavy atom. The second kappa shape index (κ2) is 5.60. The number of aromatic nitrogens is 1. The molecule has 0 bridgehead atoms. The Hall–Kier alpha value is -1.24. The lowest BCUT2D eigenvalue weighted by atomic mass is 10.1. The highest BCUT2D eigenvalue weighted by atomic mass is 19.1. The second-order valence-electron chi connectivity index (χ2n) is 4.11. The van der Waals surface area contributed by atoms with Crippen molar-refractivity contribution in [1.29, 1.82) is 0 Å². The first-order valence-corrected chi connectivity index (χ1v) is 5.67. The largest absolute Gasteiger partial charge is 0.382 e. The smallest absolute Gasteiger partial charge is 0.252 e. The van der Waals surface area contributed by atoms with Crippen LogP contribution in [0.5, 0.6) is 0 Å². The van der Waals surface area contributed by atoms with Crippen molar-refractivity contribution < 1.29 is 18.6 Å². The van der Waals surface area contributed by atoms with E-state index >= 15 is 0 Å². The van der Waals surface area contributed by atoms with Gasteiger partial charge in [0.2, 0.25) is 0 Å². The molecule has 4 atom stereocenters. The summed E-state index contributed by atoms with van der Waals surface area (Å²) in [6.07, 6.45) is -2.13. The van der Waals surface area contributed by atoms with E-state index in [0.29, 0.717) is 0 Å². The number of hydrogen-bond donors (Lipinski definition) is 0. The fourth-order valence-corrected chi connectivity index (χ4v) is 2.15. The third kappa shape index (κ3) is 2.31. The van der Waals surface area contributed by atoms with E-state index in [-0.39, 0.29) is 12.2 Å². The summed E-state index contributed by atoms with van der Waals surface area (Å²) >= 11 is 0. The van der Waals surface area contributed by atoms with Crippen LogP contribution in [0.25, 0.3) is 0 Å². The molecule has 18 heavy (non-hydrogen) atoms. The van der Waals surface area contributed by atoms with E-state index < -0.39 is 24.6 Å². The molecule has 6 heteroatoms. The summed E-state index contributed by atoms with van der Waals surface area (Å²) in [7, 11) is 2.92. The maximum atomic E-state index is 14.2. The molecule has 0 unspecified atom stereocenters. The predicted octanol–water partition coefficient (Wildman–Crippen LogP) is 0.745. The fourth-order valence-electron chi connectivity index (χ4n) is 2.15. The molecule has 1 saturated heterocycles. The summed E-state index contributed by atoms with van der Waals surface area (Å²) < 4.78 is 31.0. The van der Waals surface area contributed by atoms with Gasteiger partial charge in [-0.3, -0.25) is 9.36 Å². The van der Waals surface area contributed by atoms with Crippen LogP contribution in [0.1, 0.15) is 6.23 Å². The summed E-state index contributed by atoms with van der Waals surface area (Å²) in [5, 5.41) is 0. The van der Waals surface area contributed by atoms with Gasteiger partial charge in [0.15, 0.2) is 12.4 Å². The van der Waals surface area contributed by atoms with Crippen LogP contribution < -0.4 is 5.56 Å². The Kier molecular flexibility index (Phi) is 4.11. The van der Waals surface area contributed by atoms with Crippen molar-refractivity contribution in [3.05, 3.63) is 34.7 Å². The summed E-state index contributed by atoms with van der Waals surface area (Å²) in [6, 6.07) is 4.62. The van der Waals surface area contributed by atoms with E-state index in [1.54, 1.807) is 12.1 Å². The van der Waals surface area contributed by atoms with Crippen molar-refractivity contribution in [2.24, 2.45) is 0 Å². The van der Waals surface area contributed by atoms with Gasteiger partial charge >= 0.3 is 0 Å². The molecule has 2 heterocycles. The molecule has 0 aromatic carbocycles. The highest BCUT2D eigenvalue weighted by Gasteiger charge is 2.46. The second-order valence-corrected chi connectivity index (χ2v) is 4.11. The first-order chi connectivity index (χ1) is 8.69. The molecule has 0 radical (unpaired) electrons. The number of halogens is 1. The van der Waals surface area contributed by atoms with Crippen molar-refractivity contribution >= 4 is 0 Å². The minimum Gasteiger partial charge on any atom is -0.382 e. The molecule has 1 aromatic rings. The van der Waals surface area contributed by atoms with Crippen molar-refractivity contribution in [3.8, 4) is 0 Å². The average Bonchev–Trinajstić information content (AvgIpc) is 2.67. The quantitative estimate of drug-likeness (QED) is 0.798. The van der Waals surface area contributed by atoms with E-state index in [4.69, 9.17) is 14.2 Å². The third-order valence-electron chi connectivity index (χ3n) is 3.00. The first kappa shape index (κ1) is 13.2. The minimum atomic E-state index is -1.41. The van der Waals surface area contributed by atoms with Crippen LogP contribution in [-0.2, 0) is 14.2 Å². The SMILES string of the molecule is COC[C@H]1O[C@@H](n2ccccc2=O)[C@H](F)[C@@H]1OC. The molecular weight excluding hydrogens is 241 g/mol. The van der Waals surface area contributed by atoms with Gasteiger partial charge in [-0.1, -0.05) is 6.07 Å². The lowest BCUT2D eigenvalue weighted by Gasteiger charge is -2.16. The van der Waals surface area contributed by atoms with Crippen LogP contribution in [0.3, 0.4) is 0 Å². The van der Waals surface area contributed by atoms with Gasteiger partial charge in [0.1, 0.15) is 12.2 Å². The fraction of sp³-hybridized carbons (Fsp3) is 0.583. The van der Waals surface area contributed by atoms with E-state index in [1.807, 2.05) is 0 Å². The van der Waals surface area contributed by atoms with Gasteiger partial charge in [0.05, 0.1) is 6.61 Å². The Bertz CT molecular complexity index is 450. The van der Waals surface area contributed by atoms with Gasteiger partial charge in [0, 0.05) is 26.5 Å². The molecule has 1 fully saturated rings. The zero-order chi connectivity index (χ0) is 13.1. The predicted molar refractivity (Wildman–Crippen MR) is 62.2 cm³/mol. The summed E-state index contributed by atoms with van der Waals surface area (Å²) in [5.74, 6) is 0. The lowest BCUT2D eigenvalue weighted by molar-refractivity contribution is -0.0621. The van der Waals surface area contributed by atoms with E-state index in [2.05, 4.69) is 0 Å². The van der Waals surface area contributed by atoms with E-state index in [0.717, 1.165) is 0 Å². The number of hydrogen-bond acceptors (Lipinski definition) is 4. The van der Waals surface area contributed by atoms with Crippen LogP contribution in [0.4, 0.5) is 4.39 Å². The van der Waals surface area contributed by atoms with E-state index in [9.17, 15) is 9.18 Å². The number of pyridine rings is 1. The van der Waals surface area contributed by atoms with Crippen molar-refractivity contribution in [2.75, 3.05) is 20.8 Å². The number of methoxy groups -OCH3 is 2. The molecule has 1 aliphatic heterocycles. The Morgan fingerprint density at radius 3 is 2.83 bits per heavy atom. The highest BCUT2D eigenvalue weighted by molar-refractivity contribution is 4.98. The van der Waals surface area contributed by atoms with Gasteiger partial charge in [-0.25, -0.2) is 4.39 Å². The third-order valence-corrected chi connectivity index (χ3v) is 3.00. The number of ether oxygens (including phenoxy) is 3. The van der Waals surface area contributed by atoms with Crippen molar-refractivity contribution in [1.82, 2.24) is 4.57 Å². The standard InChI is InChI=1S/C12H16FNO4/c1-16-7-8-11(17-2)10(13)12(18-8)14-6-4-3-5-9(14)15/h3-6,8,10-12H,7H2,1-2H3/t8-,10-,11-,12-/m1/s1. The summed E-state index contributed by atoms with van der Waals surface area (Å²) in [6.45, 7) is 0.219. The topological polar surface area (TPSA) is 49.7 Å². The van der Waals surface area contributed by atoms with E-state index in [1.165, 1.54) is 31.0 Å². The van der Waals surface area contributed by atoms with Crippen LogP contribution in [0.15, 0.2) is 29.2 Å². The van der Waals surface area contributed by atoms with Gasteiger partial charge in [-0.05, 0) is 6.07 Å². The molecule has 1 aromatic heterocycles. The molecule has 0 amide bonds. The molecular formula is C12H16FNO4. The van der Waals surface area contributed by atoms with Gasteiger partial charge in [-0.2, -0.15) is 0 Å². The monoisotopic (exact) mass is 257 g/mol. The number of rotatable bonds is 4. The normalized spacial score (nSPS) is 31.7. The summed E-state index contributed by atoms with van der Waals surface area (Å²) in [5.41, 5.74) is -0.307. The van der Waals surface area contributed by atoms with Crippen LogP contribution in [0.2, 0.25) is 0 Å². The van der Waals surface area contributed by atoms with Crippen molar-refractivity contribution in [3.63, 3.8) is 0 Å². The van der Waals surface area contributed by atoms with Gasteiger partial charge in [-0.15, -0.1) is 0 Å². The molecule has 1 aliphatic rings. The number of alkyl halides is 1. The average molecular weight is 257 g/mol. The molecule has 0 aliphatic carbocycles. The van der Waals surface area contributed by atoms with Gasteiger partial charge in [0.25, 0.3) is 5.56 Å². The summed E-state index contributed by atoms with van der Waals surface area (Å²) in [4.78, 5) is 11.7. The molecule has 100 valence electrons. The lowest BCUT2D eigenvalue weighted by Crippen LogP contribution is -2.34.